The van der Waals surface area contributed by atoms with Crippen molar-refractivity contribution in [2.24, 2.45) is 0 Å². The average molecular weight is 296 g/mol. The van der Waals surface area contributed by atoms with E-state index in [0.29, 0.717) is 5.76 Å². The summed E-state index contributed by atoms with van der Waals surface area (Å²) < 4.78 is 5.29. The minimum Gasteiger partial charge on any atom is -0.492 e. The first-order valence-electron chi connectivity index (χ1n) is 6.88. The van der Waals surface area contributed by atoms with Gasteiger partial charge in [-0.05, 0) is 31.1 Å². The van der Waals surface area contributed by atoms with Crippen LogP contribution >= 0.6 is 0 Å². The molecule has 0 spiro atoms. The number of nitriles is 1. The monoisotopic (exact) mass is 296 g/mol. The summed E-state index contributed by atoms with van der Waals surface area (Å²) in [6.07, 6.45) is 1.56. The lowest BCUT2D eigenvalue weighted by atomic mass is 10.1. The Balaban J connectivity index is 2.55. The molecule has 22 heavy (non-hydrogen) atoms. The number of allylic oxidation sites excluding steroid dienone is 1. The van der Waals surface area contributed by atoms with Gasteiger partial charge in [-0.1, -0.05) is 43.0 Å². The van der Waals surface area contributed by atoms with E-state index in [2.05, 4.69) is 18.5 Å². The Morgan fingerprint density at radius 1 is 1.36 bits per heavy atom. The number of nitrogens with zero attached hydrogens (tertiary/aromatic N) is 1. The molecule has 0 radical (unpaired) electrons. The second-order valence-corrected chi connectivity index (χ2v) is 4.89. The zero-order valence-corrected chi connectivity index (χ0v) is 13.0. The molecule has 0 aliphatic carbocycles. The molecule has 4 nitrogen and oxygen atoms in total. The third-order valence-corrected chi connectivity index (χ3v) is 2.89. The summed E-state index contributed by atoms with van der Waals surface area (Å²) >= 11 is 0. The first kappa shape index (κ1) is 17.3. The Morgan fingerprint density at radius 2 is 2.00 bits per heavy atom. The van der Waals surface area contributed by atoms with Gasteiger partial charge in [0.05, 0.1) is 6.54 Å². The standard InChI is InChI=1S/C18H20N2O2/c1-13(2)15(4)22-10-9-20-18(21)17(12-19)11-16-7-5-14(3)6-8-16/h5-8,11H,1,4,9-10H2,2-3H3,(H,20,21)/b17-11+. The Morgan fingerprint density at radius 3 is 2.55 bits per heavy atom. The van der Waals surface area contributed by atoms with Crippen LogP contribution in [0.3, 0.4) is 0 Å². The third kappa shape index (κ3) is 5.68. The van der Waals surface area contributed by atoms with Crippen molar-refractivity contribution in [2.45, 2.75) is 13.8 Å². The fraction of sp³-hybridized carbons (Fsp3) is 0.222. The van der Waals surface area contributed by atoms with Gasteiger partial charge in [-0.2, -0.15) is 5.26 Å². The molecule has 0 aromatic heterocycles. The number of benzene rings is 1. The van der Waals surface area contributed by atoms with Crippen LogP contribution in [0.25, 0.3) is 6.08 Å². The minimum absolute atomic E-state index is 0.0579. The Bertz CT molecular complexity index is 634. The van der Waals surface area contributed by atoms with Crippen LogP contribution in [0.2, 0.25) is 0 Å². The zero-order chi connectivity index (χ0) is 16.5. The van der Waals surface area contributed by atoms with Crippen molar-refractivity contribution < 1.29 is 9.53 Å². The van der Waals surface area contributed by atoms with Gasteiger partial charge in [0.25, 0.3) is 5.91 Å². The van der Waals surface area contributed by atoms with Crippen LogP contribution in [0.4, 0.5) is 0 Å². The summed E-state index contributed by atoms with van der Waals surface area (Å²) in [4.78, 5) is 11.9. The van der Waals surface area contributed by atoms with Gasteiger partial charge < -0.3 is 10.1 Å². The zero-order valence-electron chi connectivity index (χ0n) is 13.0. The second-order valence-electron chi connectivity index (χ2n) is 4.89. The van der Waals surface area contributed by atoms with Gasteiger partial charge in [0.2, 0.25) is 0 Å². The highest BCUT2D eigenvalue weighted by molar-refractivity contribution is 6.01. The maximum atomic E-state index is 11.9. The van der Waals surface area contributed by atoms with Crippen LogP contribution in [0.15, 0.2) is 54.3 Å². The predicted octanol–water partition coefficient (Wildman–Crippen LogP) is 3.12. The number of nitrogens with one attached hydrogen (secondary N) is 1. The van der Waals surface area contributed by atoms with Gasteiger partial charge in [-0.25, -0.2) is 0 Å². The van der Waals surface area contributed by atoms with E-state index in [1.165, 1.54) is 0 Å². The molecule has 0 saturated carbocycles. The minimum atomic E-state index is -0.424. The van der Waals surface area contributed by atoms with E-state index >= 15 is 0 Å². The maximum Gasteiger partial charge on any atom is 0.262 e. The molecule has 0 unspecified atom stereocenters. The lowest BCUT2D eigenvalue weighted by Gasteiger charge is -2.09. The number of hydrogen-bond donors (Lipinski definition) is 1. The number of ether oxygens (including phenoxy) is 1. The summed E-state index contributed by atoms with van der Waals surface area (Å²) in [6, 6.07) is 9.48. The van der Waals surface area contributed by atoms with Crippen molar-refractivity contribution in [3.05, 3.63) is 65.5 Å². The van der Waals surface area contributed by atoms with Crippen LogP contribution in [-0.2, 0) is 9.53 Å². The number of rotatable bonds is 7. The average Bonchev–Trinajstić information content (AvgIpc) is 2.50. The van der Waals surface area contributed by atoms with Gasteiger partial charge in [0.1, 0.15) is 24.0 Å². The molecular formula is C18H20N2O2. The maximum absolute atomic E-state index is 11.9. The molecule has 114 valence electrons. The molecule has 0 fully saturated rings. The summed E-state index contributed by atoms with van der Waals surface area (Å²) in [5.41, 5.74) is 2.73. The molecule has 0 saturated heterocycles. The lowest BCUT2D eigenvalue weighted by molar-refractivity contribution is -0.117. The molecule has 1 aromatic rings. The van der Waals surface area contributed by atoms with E-state index in [0.717, 1.165) is 16.7 Å². The first-order valence-corrected chi connectivity index (χ1v) is 6.88. The Labute approximate surface area is 131 Å². The van der Waals surface area contributed by atoms with Gasteiger partial charge in [-0.15, -0.1) is 0 Å². The highest BCUT2D eigenvalue weighted by Gasteiger charge is 2.08. The van der Waals surface area contributed by atoms with E-state index in [-0.39, 0.29) is 18.7 Å². The highest BCUT2D eigenvalue weighted by Crippen LogP contribution is 2.08. The van der Waals surface area contributed by atoms with E-state index in [1.54, 1.807) is 13.0 Å². The van der Waals surface area contributed by atoms with E-state index in [1.807, 2.05) is 37.3 Å². The largest absolute Gasteiger partial charge is 0.492 e. The number of aryl methyl sites for hydroxylation is 1. The molecule has 0 bridgehead atoms. The van der Waals surface area contributed by atoms with Gasteiger partial charge in [-0.3, -0.25) is 4.79 Å². The molecule has 0 heterocycles. The number of carbonyl (C=O) groups is 1. The molecule has 0 aliphatic heterocycles. The van der Waals surface area contributed by atoms with Gasteiger partial charge >= 0.3 is 0 Å². The third-order valence-electron chi connectivity index (χ3n) is 2.89. The molecule has 4 heteroatoms. The molecule has 1 N–H and O–H groups in total. The quantitative estimate of drug-likeness (QED) is 0.276. The highest BCUT2D eigenvalue weighted by atomic mass is 16.5. The van der Waals surface area contributed by atoms with Crippen molar-refractivity contribution >= 4 is 12.0 Å². The van der Waals surface area contributed by atoms with Crippen molar-refractivity contribution in [1.82, 2.24) is 5.32 Å². The summed E-state index contributed by atoms with van der Waals surface area (Å²) in [5.74, 6) is 0.0672. The lowest BCUT2D eigenvalue weighted by Crippen LogP contribution is -2.28. The number of amides is 1. The molecule has 0 aliphatic rings. The van der Waals surface area contributed by atoms with E-state index in [9.17, 15) is 4.79 Å². The summed E-state index contributed by atoms with van der Waals surface area (Å²) in [5, 5.41) is 11.7. The normalized spacial score (nSPS) is 10.5. The molecular weight excluding hydrogens is 276 g/mol. The van der Waals surface area contributed by atoms with Gasteiger partial charge in [0, 0.05) is 0 Å². The van der Waals surface area contributed by atoms with Crippen molar-refractivity contribution in [1.29, 1.82) is 5.26 Å². The van der Waals surface area contributed by atoms with Gasteiger partial charge in [0.15, 0.2) is 0 Å². The van der Waals surface area contributed by atoms with Crippen molar-refractivity contribution in [3.8, 4) is 6.07 Å². The van der Waals surface area contributed by atoms with E-state index < -0.39 is 5.91 Å². The fourth-order valence-electron chi connectivity index (χ4n) is 1.54. The van der Waals surface area contributed by atoms with Crippen LogP contribution < -0.4 is 5.32 Å². The summed E-state index contributed by atoms with van der Waals surface area (Å²) in [6.45, 7) is 11.7. The topological polar surface area (TPSA) is 62.1 Å². The number of hydrogen-bond acceptors (Lipinski definition) is 3. The first-order chi connectivity index (χ1) is 10.4. The van der Waals surface area contributed by atoms with Crippen LogP contribution in [0.1, 0.15) is 18.1 Å². The number of carbonyl (C=O) groups excluding carboxylic acids is 1. The van der Waals surface area contributed by atoms with Crippen LogP contribution in [-0.4, -0.2) is 19.1 Å². The summed E-state index contributed by atoms with van der Waals surface area (Å²) in [7, 11) is 0. The molecule has 1 rings (SSSR count). The Hall–Kier alpha value is -2.80. The molecule has 0 atom stereocenters. The SMILES string of the molecule is C=C(C)C(=C)OCCNC(=O)/C(C#N)=C/c1ccc(C)cc1. The van der Waals surface area contributed by atoms with E-state index in [4.69, 9.17) is 10.00 Å². The van der Waals surface area contributed by atoms with Crippen molar-refractivity contribution in [2.75, 3.05) is 13.2 Å². The van der Waals surface area contributed by atoms with Crippen molar-refractivity contribution in [3.63, 3.8) is 0 Å². The molecule has 1 aromatic carbocycles. The Kier molecular flexibility index (Phi) is 6.65. The fourth-order valence-corrected chi connectivity index (χ4v) is 1.54. The van der Waals surface area contributed by atoms with Crippen LogP contribution in [0.5, 0.6) is 0 Å². The smallest absolute Gasteiger partial charge is 0.262 e. The second kappa shape index (κ2) is 8.48. The predicted molar refractivity (Wildman–Crippen MR) is 87.7 cm³/mol. The molecule has 1 amide bonds. The van der Waals surface area contributed by atoms with Crippen LogP contribution in [0, 0.1) is 18.3 Å².